The zero-order chi connectivity index (χ0) is 12.6. The highest BCUT2D eigenvalue weighted by atomic mass is 16.5. The van der Waals surface area contributed by atoms with Crippen LogP contribution in [0.5, 0.6) is 0 Å². The lowest BCUT2D eigenvalue weighted by molar-refractivity contribution is -0.127. The molecule has 96 valence electrons. The molecule has 0 aromatic carbocycles. The maximum atomic E-state index is 10.9. The molecule has 0 bridgehead atoms. The number of amides is 1. The molecule has 16 heavy (non-hydrogen) atoms. The highest BCUT2D eigenvalue weighted by Gasteiger charge is 2.20. The molecule has 0 aromatic rings. The average Bonchev–Trinajstić information content (AvgIpc) is 2.61. The van der Waals surface area contributed by atoms with Crippen molar-refractivity contribution in [3.05, 3.63) is 0 Å². The van der Waals surface area contributed by atoms with E-state index in [0.29, 0.717) is 0 Å². The van der Waals surface area contributed by atoms with Crippen LogP contribution in [0.4, 0.5) is 0 Å². The van der Waals surface area contributed by atoms with Crippen LogP contribution in [0.15, 0.2) is 0 Å². The molecule has 0 N–H and O–H groups in total. The first-order valence-corrected chi connectivity index (χ1v) is 6.10. The molecule has 0 aliphatic carbocycles. The molecule has 1 aliphatic rings. The Labute approximate surface area is 99.5 Å². The van der Waals surface area contributed by atoms with Gasteiger partial charge >= 0.3 is 0 Å². The van der Waals surface area contributed by atoms with Gasteiger partial charge in [0, 0.05) is 33.6 Å². The quantitative estimate of drug-likeness (QED) is 0.737. The van der Waals surface area contributed by atoms with Gasteiger partial charge in [-0.15, -0.1) is 0 Å². The van der Waals surface area contributed by atoms with Crippen molar-refractivity contribution in [1.82, 2.24) is 9.80 Å². The van der Waals surface area contributed by atoms with Crippen molar-refractivity contribution >= 4 is 5.91 Å². The molecule has 1 aliphatic heterocycles. The van der Waals surface area contributed by atoms with Crippen LogP contribution in [-0.4, -0.2) is 55.2 Å². The van der Waals surface area contributed by atoms with Gasteiger partial charge in [-0.2, -0.15) is 0 Å². The van der Waals surface area contributed by atoms with Crippen LogP contribution >= 0.6 is 0 Å². The molecule has 0 spiro atoms. The van der Waals surface area contributed by atoms with Crippen molar-refractivity contribution < 1.29 is 9.53 Å². The van der Waals surface area contributed by atoms with Gasteiger partial charge in [0.05, 0.1) is 6.61 Å². The van der Waals surface area contributed by atoms with E-state index in [2.05, 4.69) is 18.7 Å². The summed E-state index contributed by atoms with van der Waals surface area (Å²) in [5.74, 6) is 0.118. The molecular formula is C12H26N2O2. The minimum Gasteiger partial charge on any atom is -0.362 e. The zero-order valence-electron chi connectivity index (χ0n) is 11.3. The Balaban J connectivity index is 0.000000673. The fraction of sp³-hybridized carbons (Fsp3) is 0.917. The van der Waals surface area contributed by atoms with Gasteiger partial charge in [0.1, 0.15) is 6.23 Å². The number of hydrogen-bond donors (Lipinski definition) is 0. The van der Waals surface area contributed by atoms with Crippen LogP contribution < -0.4 is 0 Å². The Morgan fingerprint density at radius 3 is 2.44 bits per heavy atom. The monoisotopic (exact) mass is 230 g/mol. The maximum Gasteiger partial charge on any atom is 0.219 e. The first-order valence-electron chi connectivity index (χ1n) is 6.10. The molecule has 1 rings (SSSR count). The van der Waals surface area contributed by atoms with E-state index in [1.807, 2.05) is 14.0 Å². The Kier molecular flexibility index (Phi) is 8.21. The minimum atomic E-state index is 0.118. The van der Waals surface area contributed by atoms with Crippen LogP contribution in [0.25, 0.3) is 0 Å². The molecular weight excluding hydrogens is 204 g/mol. The summed E-state index contributed by atoms with van der Waals surface area (Å²) < 4.78 is 5.38. The highest BCUT2D eigenvalue weighted by Crippen LogP contribution is 2.07. The maximum absolute atomic E-state index is 10.9. The lowest BCUT2D eigenvalue weighted by Crippen LogP contribution is -2.37. The average molecular weight is 230 g/mol. The molecule has 1 heterocycles. The number of likely N-dealkylation sites (N-methyl/N-ethyl adjacent to an activating group) is 1. The minimum absolute atomic E-state index is 0.118. The first-order chi connectivity index (χ1) is 7.52. The molecule has 0 saturated carbocycles. The van der Waals surface area contributed by atoms with Crippen molar-refractivity contribution in [2.45, 2.75) is 40.3 Å². The SMILES string of the molecule is CC(=O)N(C)CCN1CCOC1C.CCC. The van der Waals surface area contributed by atoms with Crippen molar-refractivity contribution in [3.8, 4) is 0 Å². The lowest BCUT2D eigenvalue weighted by atomic mass is 10.4. The van der Waals surface area contributed by atoms with Gasteiger partial charge in [-0.1, -0.05) is 20.3 Å². The molecule has 4 nitrogen and oxygen atoms in total. The van der Waals surface area contributed by atoms with Gasteiger partial charge < -0.3 is 9.64 Å². The summed E-state index contributed by atoms with van der Waals surface area (Å²) in [6.45, 7) is 11.4. The van der Waals surface area contributed by atoms with Gasteiger partial charge in [-0.25, -0.2) is 0 Å². The van der Waals surface area contributed by atoms with E-state index < -0.39 is 0 Å². The zero-order valence-corrected chi connectivity index (χ0v) is 11.3. The molecule has 0 radical (unpaired) electrons. The van der Waals surface area contributed by atoms with E-state index in [1.54, 1.807) is 11.8 Å². The Morgan fingerprint density at radius 1 is 1.50 bits per heavy atom. The molecule has 1 saturated heterocycles. The smallest absolute Gasteiger partial charge is 0.219 e. The first kappa shape index (κ1) is 15.4. The number of carbonyl (C=O) groups is 1. The van der Waals surface area contributed by atoms with Crippen LogP contribution in [0, 0.1) is 0 Å². The van der Waals surface area contributed by atoms with Gasteiger partial charge in [-0.3, -0.25) is 9.69 Å². The summed E-state index contributed by atoms with van der Waals surface area (Å²) in [6.07, 6.45) is 1.46. The molecule has 1 amide bonds. The molecule has 4 heteroatoms. The van der Waals surface area contributed by atoms with E-state index in [-0.39, 0.29) is 12.1 Å². The Hall–Kier alpha value is -0.610. The summed E-state index contributed by atoms with van der Waals surface area (Å²) in [4.78, 5) is 14.9. The third-order valence-electron chi connectivity index (χ3n) is 2.51. The van der Waals surface area contributed by atoms with E-state index >= 15 is 0 Å². The summed E-state index contributed by atoms with van der Waals surface area (Å²) in [7, 11) is 1.82. The largest absolute Gasteiger partial charge is 0.362 e. The molecule has 1 atom stereocenters. The second-order valence-corrected chi connectivity index (χ2v) is 4.15. The summed E-state index contributed by atoms with van der Waals surface area (Å²) in [6, 6.07) is 0. The van der Waals surface area contributed by atoms with E-state index in [0.717, 1.165) is 26.2 Å². The van der Waals surface area contributed by atoms with Crippen LogP contribution in [0.3, 0.4) is 0 Å². The predicted molar refractivity (Wildman–Crippen MR) is 66.3 cm³/mol. The third-order valence-corrected chi connectivity index (χ3v) is 2.51. The van der Waals surface area contributed by atoms with Crippen molar-refractivity contribution in [2.24, 2.45) is 0 Å². The summed E-state index contributed by atoms with van der Waals surface area (Å²) in [5, 5.41) is 0. The Bertz CT molecular complexity index is 197. The second-order valence-electron chi connectivity index (χ2n) is 4.15. The van der Waals surface area contributed by atoms with E-state index in [4.69, 9.17) is 4.74 Å². The fourth-order valence-corrected chi connectivity index (χ4v) is 1.36. The molecule has 1 unspecified atom stereocenters. The van der Waals surface area contributed by atoms with E-state index in [1.165, 1.54) is 6.42 Å². The van der Waals surface area contributed by atoms with Crippen molar-refractivity contribution in [3.63, 3.8) is 0 Å². The van der Waals surface area contributed by atoms with Crippen LogP contribution in [0.1, 0.15) is 34.1 Å². The third kappa shape index (κ3) is 6.08. The van der Waals surface area contributed by atoms with Crippen LogP contribution in [0.2, 0.25) is 0 Å². The summed E-state index contributed by atoms with van der Waals surface area (Å²) >= 11 is 0. The fourth-order valence-electron chi connectivity index (χ4n) is 1.36. The highest BCUT2D eigenvalue weighted by molar-refractivity contribution is 5.72. The van der Waals surface area contributed by atoms with Gasteiger partial charge in [0.2, 0.25) is 5.91 Å². The van der Waals surface area contributed by atoms with Crippen molar-refractivity contribution in [1.29, 1.82) is 0 Å². The normalized spacial score (nSPS) is 20.2. The number of ether oxygens (including phenoxy) is 1. The van der Waals surface area contributed by atoms with Gasteiger partial charge in [-0.05, 0) is 6.92 Å². The predicted octanol–water partition coefficient (Wildman–Crippen LogP) is 1.56. The Morgan fingerprint density at radius 2 is 2.06 bits per heavy atom. The number of nitrogens with zero attached hydrogens (tertiary/aromatic N) is 2. The lowest BCUT2D eigenvalue weighted by Gasteiger charge is -2.22. The second kappa shape index (κ2) is 8.53. The molecule has 1 fully saturated rings. The van der Waals surface area contributed by atoms with Crippen molar-refractivity contribution in [2.75, 3.05) is 33.3 Å². The topological polar surface area (TPSA) is 32.8 Å². The van der Waals surface area contributed by atoms with Gasteiger partial charge in [0.15, 0.2) is 0 Å². The number of hydrogen-bond acceptors (Lipinski definition) is 3. The number of carbonyl (C=O) groups excluding carboxylic acids is 1. The number of rotatable bonds is 3. The molecule has 0 aromatic heterocycles. The standard InChI is InChI=1S/C9H18N2O2.C3H8/c1-8(12)10(3)4-5-11-6-7-13-9(11)2;1-3-2/h9H,4-7H2,1-3H3;3H2,1-2H3. The van der Waals surface area contributed by atoms with Crippen LogP contribution in [-0.2, 0) is 9.53 Å². The summed E-state index contributed by atoms with van der Waals surface area (Å²) in [5.41, 5.74) is 0. The van der Waals surface area contributed by atoms with Gasteiger partial charge in [0.25, 0.3) is 0 Å². The van der Waals surface area contributed by atoms with E-state index in [9.17, 15) is 4.79 Å².